The third-order valence-corrected chi connectivity index (χ3v) is 10.2. The van der Waals surface area contributed by atoms with Gasteiger partial charge in [-0.25, -0.2) is 9.59 Å². The SMILES string of the molecule is O=C(OC1C2CC(C1OC(=O)c1ccc3ccccc3c1)C1C3CCC(C3)C21)c1ccc2ccccc2c1. The number of hydrogen-bond donors (Lipinski definition) is 0. The average molecular weight is 503 g/mol. The molecule has 4 saturated carbocycles. The maximum atomic E-state index is 13.5. The summed E-state index contributed by atoms with van der Waals surface area (Å²) in [5.41, 5.74) is 1.10. The van der Waals surface area contributed by atoms with Gasteiger partial charge in [0, 0.05) is 11.8 Å². The number of ether oxygens (including phenoxy) is 2. The Bertz CT molecular complexity index is 1470. The van der Waals surface area contributed by atoms with Gasteiger partial charge in [-0.3, -0.25) is 0 Å². The molecule has 190 valence electrons. The van der Waals surface area contributed by atoms with Gasteiger partial charge in [0.1, 0.15) is 12.2 Å². The molecule has 4 nitrogen and oxygen atoms in total. The zero-order chi connectivity index (χ0) is 25.4. The fraction of sp³-hybridized carbons (Fsp3) is 0.353. The van der Waals surface area contributed by atoms with Crippen molar-refractivity contribution in [1.29, 1.82) is 0 Å². The second-order valence-electron chi connectivity index (χ2n) is 11.9. The Morgan fingerprint density at radius 3 is 1.47 bits per heavy atom. The van der Waals surface area contributed by atoms with E-state index < -0.39 is 0 Å². The molecule has 0 heterocycles. The highest BCUT2D eigenvalue weighted by Gasteiger charge is 2.68. The topological polar surface area (TPSA) is 52.6 Å². The maximum absolute atomic E-state index is 13.5. The van der Waals surface area contributed by atoms with Crippen molar-refractivity contribution in [3.63, 3.8) is 0 Å². The summed E-state index contributed by atoms with van der Waals surface area (Å²) in [6.07, 6.45) is 4.10. The van der Waals surface area contributed by atoms with Crippen LogP contribution < -0.4 is 0 Å². The van der Waals surface area contributed by atoms with E-state index in [-0.39, 0.29) is 36.0 Å². The molecule has 8 unspecified atom stereocenters. The summed E-state index contributed by atoms with van der Waals surface area (Å²) in [5, 5.41) is 4.22. The van der Waals surface area contributed by atoms with Gasteiger partial charge in [-0.05, 0) is 95.2 Å². The van der Waals surface area contributed by atoms with E-state index in [1.54, 1.807) is 0 Å². The van der Waals surface area contributed by atoms with Crippen LogP contribution in [-0.2, 0) is 9.47 Å². The van der Waals surface area contributed by atoms with Crippen LogP contribution in [0.1, 0.15) is 46.4 Å². The number of esters is 2. The van der Waals surface area contributed by atoms with Crippen LogP contribution >= 0.6 is 0 Å². The second-order valence-corrected chi connectivity index (χ2v) is 11.9. The molecular weight excluding hydrogens is 472 g/mol. The van der Waals surface area contributed by atoms with Crippen molar-refractivity contribution in [2.24, 2.45) is 35.5 Å². The summed E-state index contributed by atoms with van der Waals surface area (Å²) in [5.74, 6) is 2.59. The van der Waals surface area contributed by atoms with E-state index in [1.807, 2.05) is 84.9 Å². The van der Waals surface area contributed by atoms with Crippen LogP contribution in [0.2, 0.25) is 0 Å². The Morgan fingerprint density at radius 1 is 0.553 bits per heavy atom. The van der Waals surface area contributed by atoms with Crippen molar-refractivity contribution < 1.29 is 19.1 Å². The normalized spacial score (nSPS) is 32.5. The van der Waals surface area contributed by atoms with Crippen molar-refractivity contribution in [3.8, 4) is 0 Å². The standard InChI is InChI=1S/C34H30O4/c35-33(25-13-9-19-5-1-3-7-21(19)15-25)37-31-27-18-28(30-24-12-11-23(17-24)29(27)30)32(31)38-34(36)26-14-10-20-6-2-4-8-22(20)16-26/h1-10,13-16,23-24,27-32H,11-12,17-18H2. The first-order valence-electron chi connectivity index (χ1n) is 14.0. The van der Waals surface area contributed by atoms with Gasteiger partial charge < -0.3 is 9.47 Å². The highest BCUT2D eigenvalue weighted by molar-refractivity contribution is 5.96. The fourth-order valence-corrected chi connectivity index (χ4v) is 8.80. The zero-order valence-electron chi connectivity index (χ0n) is 21.2. The molecule has 0 aliphatic heterocycles. The van der Waals surface area contributed by atoms with Crippen molar-refractivity contribution in [3.05, 3.63) is 96.1 Å². The monoisotopic (exact) mass is 502 g/mol. The summed E-state index contributed by atoms with van der Waals surface area (Å²) in [7, 11) is 0. The van der Waals surface area contributed by atoms with Gasteiger partial charge in [-0.2, -0.15) is 0 Å². The molecule has 4 bridgehead atoms. The highest BCUT2D eigenvalue weighted by atomic mass is 16.6. The minimum Gasteiger partial charge on any atom is -0.455 e. The van der Waals surface area contributed by atoms with Crippen LogP contribution in [0.4, 0.5) is 0 Å². The van der Waals surface area contributed by atoms with Gasteiger partial charge in [-0.15, -0.1) is 0 Å². The molecule has 0 N–H and O–H groups in total. The van der Waals surface area contributed by atoms with Gasteiger partial charge in [0.15, 0.2) is 0 Å². The first-order valence-corrected chi connectivity index (χ1v) is 14.0. The van der Waals surface area contributed by atoms with Crippen LogP contribution in [0.15, 0.2) is 84.9 Å². The van der Waals surface area contributed by atoms with Crippen LogP contribution in [0, 0.1) is 35.5 Å². The van der Waals surface area contributed by atoms with E-state index in [9.17, 15) is 9.59 Å². The minimum absolute atomic E-state index is 0.277. The van der Waals surface area contributed by atoms with Crippen LogP contribution in [0.3, 0.4) is 0 Å². The van der Waals surface area contributed by atoms with Gasteiger partial charge >= 0.3 is 11.9 Å². The molecule has 4 aliphatic rings. The van der Waals surface area contributed by atoms with E-state index in [1.165, 1.54) is 19.3 Å². The Hall–Kier alpha value is -3.66. The summed E-state index contributed by atoms with van der Waals surface area (Å²) >= 11 is 0. The van der Waals surface area contributed by atoms with Crippen LogP contribution in [0.25, 0.3) is 21.5 Å². The van der Waals surface area contributed by atoms with Crippen molar-refractivity contribution in [2.45, 2.75) is 37.9 Å². The summed E-state index contributed by atoms with van der Waals surface area (Å²) < 4.78 is 12.6. The molecule has 0 aromatic heterocycles. The first-order chi connectivity index (χ1) is 18.6. The average Bonchev–Trinajstić information content (AvgIpc) is 3.73. The molecule has 4 fully saturated rings. The minimum atomic E-state index is -0.385. The van der Waals surface area contributed by atoms with Gasteiger partial charge in [0.2, 0.25) is 0 Å². The quantitative estimate of drug-likeness (QED) is 0.222. The van der Waals surface area contributed by atoms with Gasteiger partial charge in [0.25, 0.3) is 0 Å². The molecule has 8 rings (SSSR count). The lowest BCUT2D eigenvalue weighted by Crippen LogP contribution is -2.48. The van der Waals surface area contributed by atoms with Crippen molar-refractivity contribution in [1.82, 2.24) is 0 Å². The van der Waals surface area contributed by atoms with E-state index in [4.69, 9.17) is 9.47 Å². The molecule has 4 aliphatic carbocycles. The maximum Gasteiger partial charge on any atom is 0.338 e. The number of rotatable bonds is 4. The Kier molecular flexibility index (Phi) is 4.95. The molecule has 4 aromatic carbocycles. The number of benzene rings is 4. The van der Waals surface area contributed by atoms with Crippen molar-refractivity contribution >= 4 is 33.5 Å². The molecule has 4 heteroatoms. The predicted molar refractivity (Wildman–Crippen MR) is 146 cm³/mol. The third-order valence-electron chi connectivity index (χ3n) is 10.2. The lowest BCUT2D eigenvalue weighted by molar-refractivity contribution is -0.0891. The number of carbonyl (C=O) groups excluding carboxylic acids is 2. The number of fused-ring (bicyclic) bond motifs is 11. The van der Waals surface area contributed by atoms with E-state index in [0.29, 0.717) is 23.0 Å². The lowest BCUT2D eigenvalue weighted by Gasteiger charge is -2.42. The first kappa shape index (κ1) is 22.3. The highest BCUT2D eigenvalue weighted by Crippen LogP contribution is 2.68. The number of hydrogen-bond acceptors (Lipinski definition) is 4. The molecule has 0 saturated heterocycles. The third kappa shape index (κ3) is 3.35. The number of carbonyl (C=O) groups is 2. The van der Waals surface area contributed by atoms with Crippen LogP contribution in [0.5, 0.6) is 0 Å². The summed E-state index contributed by atoms with van der Waals surface area (Å²) in [6.45, 7) is 0. The smallest absolute Gasteiger partial charge is 0.338 e. The van der Waals surface area contributed by atoms with Gasteiger partial charge in [-0.1, -0.05) is 60.7 Å². The van der Waals surface area contributed by atoms with Crippen molar-refractivity contribution in [2.75, 3.05) is 0 Å². The van der Waals surface area contributed by atoms with E-state index in [0.717, 1.165) is 39.8 Å². The van der Waals surface area contributed by atoms with Crippen LogP contribution in [-0.4, -0.2) is 24.1 Å². The fourth-order valence-electron chi connectivity index (χ4n) is 8.80. The Morgan fingerprint density at radius 2 is 1.00 bits per heavy atom. The Labute approximate surface area is 221 Å². The molecule has 8 atom stereocenters. The van der Waals surface area contributed by atoms with Gasteiger partial charge in [0.05, 0.1) is 11.1 Å². The Balaban J connectivity index is 1.10. The van der Waals surface area contributed by atoms with E-state index in [2.05, 4.69) is 0 Å². The summed E-state index contributed by atoms with van der Waals surface area (Å²) in [4.78, 5) is 26.9. The molecular formula is C34H30O4. The predicted octanol–water partition coefficient (Wildman–Crippen LogP) is 7.06. The molecule has 38 heavy (non-hydrogen) atoms. The van der Waals surface area contributed by atoms with E-state index >= 15 is 0 Å². The summed E-state index contributed by atoms with van der Waals surface area (Å²) in [6, 6.07) is 27.5. The lowest BCUT2D eigenvalue weighted by atomic mass is 9.69. The largest absolute Gasteiger partial charge is 0.455 e. The zero-order valence-corrected chi connectivity index (χ0v) is 21.2. The molecule has 4 aromatic rings. The molecule has 0 amide bonds. The molecule has 0 spiro atoms. The molecule has 0 radical (unpaired) electrons. The second kappa shape index (κ2) is 8.42.